The van der Waals surface area contributed by atoms with Gasteiger partial charge >= 0.3 is 6.09 Å². The van der Waals surface area contributed by atoms with Gasteiger partial charge in [0.1, 0.15) is 5.60 Å². The van der Waals surface area contributed by atoms with Gasteiger partial charge in [-0.15, -0.1) is 0 Å². The molecule has 1 amide bonds. The molecule has 5 nitrogen and oxygen atoms in total. The standard InChI is InChI=1S/C6H14N2.C5H11NO2/c1-7-4-6-2-3-8-5-6;1-5(2,3)8-4(6)7/h6-8H,2-5H2,1H3;1-3H3,(H2,6,7). The zero-order valence-corrected chi connectivity index (χ0v) is 10.8. The van der Waals surface area contributed by atoms with Gasteiger partial charge in [0.15, 0.2) is 0 Å². The molecular weight excluding hydrogens is 206 g/mol. The van der Waals surface area contributed by atoms with Crippen molar-refractivity contribution >= 4 is 6.09 Å². The van der Waals surface area contributed by atoms with Crippen molar-refractivity contribution in [3.8, 4) is 0 Å². The van der Waals surface area contributed by atoms with Crippen LogP contribution in [0.2, 0.25) is 0 Å². The molecule has 0 aromatic carbocycles. The first kappa shape index (κ1) is 15.2. The van der Waals surface area contributed by atoms with E-state index in [0.29, 0.717) is 0 Å². The number of hydrogen-bond donors (Lipinski definition) is 3. The summed E-state index contributed by atoms with van der Waals surface area (Å²) in [6.45, 7) is 8.88. The number of primary amides is 1. The van der Waals surface area contributed by atoms with Gasteiger partial charge in [-0.1, -0.05) is 0 Å². The van der Waals surface area contributed by atoms with E-state index in [4.69, 9.17) is 5.73 Å². The summed E-state index contributed by atoms with van der Waals surface area (Å²) in [5, 5.41) is 6.49. The molecule has 1 unspecified atom stereocenters. The minimum Gasteiger partial charge on any atom is -0.444 e. The molecule has 0 saturated carbocycles. The van der Waals surface area contributed by atoms with Crippen LogP contribution in [-0.2, 0) is 4.74 Å². The lowest BCUT2D eigenvalue weighted by atomic mass is 10.1. The van der Waals surface area contributed by atoms with E-state index in [1.54, 1.807) is 20.8 Å². The molecule has 4 N–H and O–H groups in total. The SMILES string of the molecule is CC(C)(C)OC(N)=O.CNCC1CCNC1. The summed E-state index contributed by atoms with van der Waals surface area (Å²) in [6.07, 6.45) is 0.624. The third kappa shape index (κ3) is 9.73. The highest BCUT2D eigenvalue weighted by Crippen LogP contribution is 2.05. The summed E-state index contributed by atoms with van der Waals surface area (Å²) in [4.78, 5) is 10.0. The number of ether oxygens (including phenoxy) is 1. The average Bonchev–Trinajstić information content (AvgIpc) is 2.53. The molecule has 0 spiro atoms. The van der Waals surface area contributed by atoms with Gasteiger partial charge in [0.2, 0.25) is 0 Å². The third-order valence-electron chi connectivity index (χ3n) is 2.06. The van der Waals surface area contributed by atoms with Crippen LogP contribution in [0.3, 0.4) is 0 Å². The van der Waals surface area contributed by atoms with Crippen LogP contribution in [0.15, 0.2) is 0 Å². The van der Waals surface area contributed by atoms with E-state index in [1.807, 2.05) is 7.05 Å². The molecule has 0 aromatic heterocycles. The Labute approximate surface area is 98.1 Å². The first-order chi connectivity index (χ1) is 7.35. The fourth-order valence-electron chi connectivity index (χ4n) is 1.48. The van der Waals surface area contributed by atoms with Gasteiger partial charge in [-0.3, -0.25) is 0 Å². The van der Waals surface area contributed by atoms with Gasteiger partial charge in [0.05, 0.1) is 0 Å². The Bertz CT molecular complexity index is 196. The summed E-state index contributed by atoms with van der Waals surface area (Å²) in [5.74, 6) is 0.889. The Morgan fingerprint density at radius 3 is 2.44 bits per heavy atom. The zero-order valence-electron chi connectivity index (χ0n) is 10.8. The van der Waals surface area contributed by atoms with Gasteiger partial charge in [0, 0.05) is 0 Å². The van der Waals surface area contributed by atoms with E-state index in [0.717, 1.165) is 5.92 Å². The summed E-state index contributed by atoms with van der Waals surface area (Å²) >= 11 is 0. The zero-order chi connectivity index (χ0) is 12.6. The molecule has 16 heavy (non-hydrogen) atoms. The Morgan fingerprint density at radius 1 is 1.56 bits per heavy atom. The largest absolute Gasteiger partial charge is 0.444 e. The molecule has 5 heteroatoms. The van der Waals surface area contributed by atoms with E-state index in [1.165, 1.54) is 26.1 Å². The first-order valence-corrected chi connectivity index (χ1v) is 5.69. The smallest absolute Gasteiger partial charge is 0.405 e. The number of carbonyl (C=O) groups is 1. The summed E-state index contributed by atoms with van der Waals surface area (Å²) in [5.41, 5.74) is 4.26. The van der Waals surface area contributed by atoms with Gasteiger partial charge < -0.3 is 21.1 Å². The Kier molecular flexibility index (Phi) is 7.08. The van der Waals surface area contributed by atoms with Gasteiger partial charge in [-0.2, -0.15) is 0 Å². The van der Waals surface area contributed by atoms with Crippen molar-refractivity contribution in [1.82, 2.24) is 10.6 Å². The van der Waals surface area contributed by atoms with Crippen molar-refractivity contribution in [2.45, 2.75) is 32.8 Å². The van der Waals surface area contributed by atoms with Crippen LogP contribution >= 0.6 is 0 Å². The van der Waals surface area contributed by atoms with Crippen molar-refractivity contribution < 1.29 is 9.53 Å². The number of amides is 1. The number of nitrogens with one attached hydrogen (secondary N) is 2. The molecule has 1 atom stereocenters. The normalized spacial score (nSPS) is 19.9. The second-order valence-corrected chi connectivity index (χ2v) is 4.95. The molecule has 96 valence electrons. The van der Waals surface area contributed by atoms with Crippen molar-refractivity contribution in [3.05, 3.63) is 0 Å². The lowest BCUT2D eigenvalue weighted by Gasteiger charge is -2.16. The van der Waals surface area contributed by atoms with Crippen LogP contribution < -0.4 is 16.4 Å². The second-order valence-electron chi connectivity index (χ2n) is 4.95. The van der Waals surface area contributed by atoms with E-state index in [9.17, 15) is 4.79 Å². The maximum atomic E-state index is 10.0. The highest BCUT2D eigenvalue weighted by atomic mass is 16.6. The number of rotatable bonds is 2. The van der Waals surface area contributed by atoms with Crippen LogP contribution in [0.25, 0.3) is 0 Å². The van der Waals surface area contributed by atoms with Crippen LogP contribution in [-0.4, -0.2) is 38.4 Å². The van der Waals surface area contributed by atoms with Gasteiger partial charge in [0.25, 0.3) is 0 Å². The first-order valence-electron chi connectivity index (χ1n) is 5.69. The van der Waals surface area contributed by atoms with Crippen molar-refractivity contribution in [2.24, 2.45) is 11.7 Å². The maximum absolute atomic E-state index is 10.0. The van der Waals surface area contributed by atoms with Crippen LogP contribution in [0.1, 0.15) is 27.2 Å². The van der Waals surface area contributed by atoms with Crippen LogP contribution in [0.4, 0.5) is 4.79 Å². The summed E-state index contributed by atoms with van der Waals surface area (Å²) in [7, 11) is 2.01. The van der Waals surface area contributed by atoms with Crippen molar-refractivity contribution in [2.75, 3.05) is 26.7 Å². The molecule has 1 aliphatic rings. The Balaban J connectivity index is 0.000000281. The van der Waals surface area contributed by atoms with E-state index < -0.39 is 11.7 Å². The summed E-state index contributed by atoms with van der Waals surface area (Å²) in [6, 6.07) is 0. The molecule has 0 aromatic rings. The lowest BCUT2D eigenvalue weighted by molar-refractivity contribution is 0.0600. The lowest BCUT2D eigenvalue weighted by Crippen LogP contribution is -2.27. The number of nitrogens with two attached hydrogens (primary N) is 1. The Hall–Kier alpha value is -0.810. The summed E-state index contributed by atoms with van der Waals surface area (Å²) < 4.78 is 4.58. The second kappa shape index (κ2) is 7.46. The average molecular weight is 231 g/mol. The van der Waals surface area contributed by atoms with E-state index >= 15 is 0 Å². The molecule has 1 aliphatic heterocycles. The minimum absolute atomic E-state index is 0.453. The Morgan fingerprint density at radius 2 is 2.19 bits per heavy atom. The molecular formula is C11H25N3O2. The van der Waals surface area contributed by atoms with E-state index in [-0.39, 0.29) is 0 Å². The maximum Gasteiger partial charge on any atom is 0.405 e. The molecule has 1 saturated heterocycles. The van der Waals surface area contributed by atoms with Crippen LogP contribution in [0, 0.1) is 5.92 Å². The predicted molar refractivity (Wildman–Crippen MR) is 65.3 cm³/mol. The molecule has 1 fully saturated rings. The monoisotopic (exact) mass is 231 g/mol. The highest BCUT2D eigenvalue weighted by molar-refractivity contribution is 5.65. The fourth-order valence-corrected chi connectivity index (χ4v) is 1.48. The molecule has 0 bridgehead atoms. The third-order valence-corrected chi connectivity index (χ3v) is 2.06. The van der Waals surface area contributed by atoms with Crippen LogP contribution in [0.5, 0.6) is 0 Å². The molecule has 1 heterocycles. The van der Waals surface area contributed by atoms with Gasteiger partial charge in [-0.25, -0.2) is 4.79 Å². The highest BCUT2D eigenvalue weighted by Gasteiger charge is 2.12. The predicted octanol–water partition coefficient (Wildman–Crippen LogP) is 0.696. The quantitative estimate of drug-likeness (QED) is 0.653. The number of carbonyl (C=O) groups excluding carboxylic acids is 1. The van der Waals surface area contributed by atoms with Crippen molar-refractivity contribution in [3.63, 3.8) is 0 Å². The molecule has 1 rings (SSSR count). The topological polar surface area (TPSA) is 76.4 Å². The van der Waals surface area contributed by atoms with Gasteiger partial charge in [-0.05, 0) is 59.8 Å². The molecule has 0 aliphatic carbocycles. The molecule has 0 radical (unpaired) electrons. The van der Waals surface area contributed by atoms with E-state index in [2.05, 4.69) is 15.4 Å². The minimum atomic E-state index is -0.725. The van der Waals surface area contributed by atoms with Crippen molar-refractivity contribution in [1.29, 1.82) is 0 Å². The fraction of sp³-hybridized carbons (Fsp3) is 0.909. The number of hydrogen-bond acceptors (Lipinski definition) is 4.